The predicted octanol–water partition coefficient (Wildman–Crippen LogP) is 4.41. The van der Waals surface area contributed by atoms with E-state index in [9.17, 15) is 27.6 Å². The van der Waals surface area contributed by atoms with Gasteiger partial charge in [0, 0.05) is 13.7 Å². The van der Waals surface area contributed by atoms with Gasteiger partial charge in [0.15, 0.2) is 11.6 Å². The molecule has 2 aromatic rings. The number of likely N-dealkylation sites (tertiary alicyclic amines) is 1. The van der Waals surface area contributed by atoms with Crippen LogP contribution in [-0.2, 0) is 19.1 Å². The number of nitrogens with zero attached hydrogens (tertiary/aromatic N) is 4. The highest BCUT2D eigenvalue weighted by atomic mass is 19.2. The zero-order chi connectivity index (χ0) is 30.4. The molecule has 0 bridgehead atoms. The number of amides is 3. The maximum absolute atomic E-state index is 14.3. The predicted molar refractivity (Wildman–Crippen MR) is 148 cm³/mol. The van der Waals surface area contributed by atoms with E-state index in [1.54, 1.807) is 6.07 Å². The van der Waals surface area contributed by atoms with Crippen LogP contribution in [0.15, 0.2) is 41.4 Å². The molecule has 3 amide bonds. The number of carbonyl (C=O) groups is 3. The average molecular weight is 589 g/mol. The third kappa shape index (κ3) is 6.81. The molecule has 0 aliphatic carbocycles. The van der Waals surface area contributed by atoms with E-state index >= 15 is 0 Å². The third-order valence-corrected chi connectivity index (χ3v) is 7.93. The lowest BCUT2D eigenvalue weighted by molar-refractivity contribution is -0.150. The summed E-state index contributed by atoms with van der Waals surface area (Å²) in [5.41, 5.74) is 2.23. The lowest BCUT2D eigenvalue weighted by Crippen LogP contribution is -2.55. The number of benzene rings is 2. The van der Waals surface area contributed by atoms with E-state index in [0.29, 0.717) is 25.3 Å². The number of aryl methyl sites for hydroxylation is 1. The maximum atomic E-state index is 14.3. The first-order valence-corrected chi connectivity index (χ1v) is 13.8. The molecule has 2 aromatic carbocycles. The second-order valence-corrected chi connectivity index (χ2v) is 10.5. The topological polar surface area (TPSA) is 91.8 Å². The van der Waals surface area contributed by atoms with Crippen molar-refractivity contribution in [2.45, 2.75) is 38.1 Å². The molecule has 0 N–H and O–H groups in total. The molecule has 2 aliphatic heterocycles. The first kappa shape index (κ1) is 31.2. The number of piperidine rings is 1. The molecule has 4 rings (SSSR count). The number of aliphatic imine (C=N–C) groups is 1. The molecule has 42 heavy (non-hydrogen) atoms. The molecule has 2 heterocycles. The van der Waals surface area contributed by atoms with Crippen LogP contribution in [0.2, 0.25) is 0 Å². The molecule has 1 fully saturated rings. The lowest BCUT2D eigenvalue weighted by atomic mass is 9.87. The Bertz CT molecular complexity index is 1330. The second kappa shape index (κ2) is 13.9. The number of esters is 1. The minimum absolute atomic E-state index is 0.0467. The van der Waals surface area contributed by atoms with Crippen LogP contribution in [0.3, 0.4) is 0 Å². The van der Waals surface area contributed by atoms with Crippen molar-refractivity contribution in [2.24, 2.45) is 10.9 Å². The molecule has 0 spiro atoms. The number of ether oxygens (including phenoxy) is 2. The Kier molecular flexibility index (Phi) is 10.3. The summed E-state index contributed by atoms with van der Waals surface area (Å²) >= 11 is 0. The quantitative estimate of drug-likeness (QED) is 0.285. The Balaban J connectivity index is 1.49. The Morgan fingerprint density at radius 2 is 1.83 bits per heavy atom. The fourth-order valence-electron chi connectivity index (χ4n) is 5.88. The Morgan fingerprint density at radius 3 is 2.45 bits per heavy atom. The van der Waals surface area contributed by atoms with E-state index in [2.05, 4.69) is 9.89 Å². The first-order valence-electron chi connectivity index (χ1n) is 13.8. The number of halogens is 3. The number of rotatable bonds is 11. The molecular formula is C30H35F3N4O5. The molecule has 1 saturated heterocycles. The Hall–Kier alpha value is -3.77. The van der Waals surface area contributed by atoms with Gasteiger partial charge in [0.2, 0.25) is 6.41 Å². The molecule has 0 aromatic heterocycles. The summed E-state index contributed by atoms with van der Waals surface area (Å²) in [6, 6.07) is 5.86. The van der Waals surface area contributed by atoms with Crippen LogP contribution in [0.25, 0.3) is 0 Å². The number of hydrazine groups is 1. The summed E-state index contributed by atoms with van der Waals surface area (Å²) in [5.74, 6) is -4.18. The number of urea groups is 1. The van der Waals surface area contributed by atoms with Gasteiger partial charge in [-0.25, -0.2) is 23.0 Å². The zero-order valence-electron chi connectivity index (χ0n) is 23.9. The fourth-order valence-corrected chi connectivity index (χ4v) is 5.88. The number of methoxy groups -OCH3 is 2. The van der Waals surface area contributed by atoms with Crippen molar-refractivity contribution in [1.82, 2.24) is 14.9 Å². The van der Waals surface area contributed by atoms with Gasteiger partial charge in [-0.3, -0.25) is 14.6 Å². The average Bonchev–Trinajstić information content (AvgIpc) is 2.97. The first-order chi connectivity index (χ1) is 20.2. The Labute approximate surface area is 242 Å². The van der Waals surface area contributed by atoms with Gasteiger partial charge < -0.3 is 14.4 Å². The zero-order valence-corrected chi connectivity index (χ0v) is 23.9. The van der Waals surface area contributed by atoms with E-state index in [0.717, 1.165) is 66.3 Å². The molecule has 2 atom stereocenters. The van der Waals surface area contributed by atoms with Crippen molar-refractivity contribution in [3.05, 3.63) is 70.5 Å². The maximum Gasteiger partial charge on any atom is 0.363 e. The van der Waals surface area contributed by atoms with Crippen molar-refractivity contribution in [2.75, 3.05) is 47.0 Å². The summed E-state index contributed by atoms with van der Waals surface area (Å²) in [5, 5.41) is 2.12. The van der Waals surface area contributed by atoms with Crippen molar-refractivity contribution < 1.29 is 37.0 Å². The number of carbonyl (C=O) groups excluding carboxylic acids is 3. The highest BCUT2D eigenvalue weighted by molar-refractivity contribution is 6.10. The summed E-state index contributed by atoms with van der Waals surface area (Å²) in [6.45, 7) is 4.11. The lowest BCUT2D eigenvalue weighted by Gasteiger charge is -2.43. The van der Waals surface area contributed by atoms with Crippen molar-refractivity contribution in [3.63, 3.8) is 0 Å². The monoisotopic (exact) mass is 588 g/mol. The van der Waals surface area contributed by atoms with Gasteiger partial charge in [0.05, 0.1) is 25.5 Å². The van der Waals surface area contributed by atoms with Crippen LogP contribution in [-0.4, -0.2) is 86.0 Å². The SMILES string of the molecule is COCC1=NC(=O)N(N(C=O)CCCN2CCC(c3ccc(F)cc3C)CC2)C(c2ccc(F)c(F)c2)C1C(=O)OC. The van der Waals surface area contributed by atoms with E-state index in [1.807, 2.05) is 13.0 Å². The molecule has 2 aliphatic rings. The van der Waals surface area contributed by atoms with Crippen LogP contribution < -0.4 is 0 Å². The van der Waals surface area contributed by atoms with Gasteiger partial charge in [0.25, 0.3) is 0 Å². The molecule has 9 nitrogen and oxygen atoms in total. The second-order valence-electron chi connectivity index (χ2n) is 10.5. The van der Waals surface area contributed by atoms with Crippen molar-refractivity contribution >= 4 is 24.1 Å². The summed E-state index contributed by atoms with van der Waals surface area (Å²) < 4.78 is 51.8. The summed E-state index contributed by atoms with van der Waals surface area (Å²) in [6.07, 6.45) is 2.76. The molecular weight excluding hydrogens is 553 g/mol. The summed E-state index contributed by atoms with van der Waals surface area (Å²) in [7, 11) is 2.52. The fraction of sp³-hybridized carbons (Fsp3) is 0.467. The molecule has 0 radical (unpaired) electrons. The van der Waals surface area contributed by atoms with Gasteiger partial charge in [0.1, 0.15) is 11.7 Å². The van der Waals surface area contributed by atoms with E-state index in [1.165, 1.54) is 19.2 Å². The minimum atomic E-state index is -1.23. The van der Waals surface area contributed by atoms with Crippen molar-refractivity contribution in [1.29, 1.82) is 0 Å². The highest BCUT2D eigenvalue weighted by Crippen LogP contribution is 2.37. The standard InChI is InChI=1S/C30H35F3N4O5/c1-19-15-22(31)6-7-23(19)20-9-13-35(14-10-20)11-4-12-36(18-38)37-28(21-5-8-24(32)25(33)16-21)27(29(39)42-3)26(17-41-2)34-30(37)40/h5-8,15-16,18,20,27-28H,4,9-14,17H2,1-3H3. The van der Waals surface area contributed by atoms with Gasteiger partial charge in [-0.1, -0.05) is 12.1 Å². The number of hydrogen-bond donors (Lipinski definition) is 0. The number of hydrogen-bond acceptors (Lipinski definition) is 6. The van der Waals surface area contributed by atoms with Gasteiger partial charge in [-0.05, 0) is 92.7 Å². The van der Waals surface area contributed by atoms with Gasteiger partial charge in [-0.2, -0.15) is 4.99 Å². The molecule has 0 saturated carbocycles. The van der Waals surface area contributed by atoms with E-state index in [4.69, 9.17) is 9.47 Å². The van der Waals surface area contributed by atoms with E-state index in [-0.39, 0.29) is 30.2 Å². The van der Waals surface area contributed by atoms with Crippen LogP contribution in [0.1, 0.15) is 47.9 Å². The van der Waals surface area contributed by atoms with E-state index < -0.39 is 35.6 Å². The van der Waals surface area contributed by atoms with Crippen LogP contribution >= 0.6 is 0 Å². The largest absolute Gasteiger partial charge is 0.468 e. The third-order valence-electron chi connectivity index (χ3n) is 7.93. The molecule has 2 unspecified atom stereocenters. The molecule has 12 heteroatoms. The van der Waals surface area contributed by atoms with Gasteiger partial charge in [-0.15, -0.1) is 0 Å². The normalized spacial score (nSPS) is 19.9. The minimum Gasteiger partial charge on any atom is -0.468 e. The summed E-state index contributed by atoms with van der Waals surface area (Å²) in [4.78, 5) is 44.8. The smallest absolute Gasteiger partial charge is 0.363 e. The highest BCUT2D eigenvalue weighted by Gasteiger charge is 2.47. The van der Waals surface area contributed by atoms with Crippen LogP contribution in [0.5, 0.6) is 0 Å². The van der Waals surface area contributed by atoms with Crippen molar-refractivity contribution in [3.8, 4) is 0 Å². The molecule has 226 valence electrons. The van der Waals surface area contributed by atoms with Crippen LogP contribution in [0, 0.1) is 30.3 Å². The van der Waals surface area contributed by atoms with Gasteiger partial charge >= 0.3 is 12.0 Å². The van der Waals surface area contributed by atoms with Crippen LogP contribution in [0.4, 0.5) is 18.0 Å². The Morgan fingerprint density at radius 1 is 1.10 bits per heavy atom.